The van der Waals surface area contributed by atoms with Crippen LogP contribution in [0.5, 0.6) is 11.5 Å². The van der Waals surface area contributed by atoms with Crippen molar-refractivity contribution in [1.29, 1.82) is 0 Å². The fourth-order valence-electron chi connectivity index (χ4n) is 2.97. The molecule has 0 aliphatic heterocycles. The highest BCUT2D eigenvalue weighted by molar-refractivity contribution is 5.94. The molecule has 6 nitrogen and oxygen atoms in total. The number of carbonyl (C=O) groups is 1. The van der Waals surface area contributed by atoms with Crippen molar-refractivity contribution in [3.8, 4) is 11.5 Å². The van der Waals surface area contributed by atoms with Crippen LogP contribution in [-0.2, 0) is 6.61 Å². The Balaban J connectivity index is 1.64. The first kappa shape index (κ1) is 20.5. The summed E-state index contributed by atoms with van der Waals surface area (Å²) in [5.41, 5.74) is 1.56. The van der Waals surface area contributed by atoms with Gasteiger partial charge in [-0.05, 0) is 50.0 Å². The Bertz CT molecular complexity index is 908. The normalized spacial score (nSPS) is 11.9. The zero-order chi connectivity index (χ0) is 20.6. The Hall–Kier alpha value is -3.25. The van der Waals surface area contributed by atoms with Gasteiger partial charge >= 0.3 is 0 Å². The molecule has 0 saturated carbocycles. The first-order valence-corrected chi connectivity index (χ1v) is 9.41. The average Bonchev–Trinajstić information content (AvgIpc) is 3.27. The molecule has 152 valence electrons. The zero-order valence-electron chi connectivity index (χ0n) is 16.9. The standard InChI is InChI=1S/C23H26N2O4/c1-25(2)19(20-10-7-13-28-20)15-24-23(26)18-11-12-21(22(14-18)27-3)29-16-17-8-5-4-6-9-17/h4-14,19H,15-16H2,1-3H3,(H,24,26). The predicted molar refractivity (Wildman–Crippen MR) is 111 cm³/mol. The minimum Gasteiger partial charge on any atom is -0.493 e. The van der Waals surface area contributed by atoms with Crippen molar-refractivity contribution in [3.05, 3.63) is 83.8 Å². The molecule has 1 amide bonds. The van der Waals surface area contributed by atoms with Crippen LogP contribution in [-0.4, -0.2) is 38.6 Å². The third-order valence-electron chi connectivity index (χ3n) is 4.61. The number of rotatable bonds is 9. The monoisotopic (exact) mass is 394 g/mol. The van der Waals surface area contributed by atoms with Crippen molar-refractivity contribution < 1.29 is 18.7 Å². The maximum absolute atomic E-state index is 12.6. The van der Waals surface area contributed by atoms with Gasteiger partial charge < -0.3 is 19.2 Å². The molecule has 1 N–H and O–H groups in total. The van der Waals surface area contributed by atoms with Gasteiger partial charge in [0.05, 0.1) is 19.4 Å². The van der Waals surface area contributed by atoms with Crippen LogP contribution in [0.1, 0.15) is 27.7 Å². The van der Waals surface area contributed by atoms with Gasteiger partial charge in [-0.25, -0.2) is 0 Å². The molecular formula is C23H26N2O4. The van der Waals surface area contributed by atoms with E-state index < -0.39 is 0 Å². The first-order chi connectivity index (χ1) is 14.1. The van der Waals surface area contributed by atoms with Gasteiger partial charge in [0.25, 0.3) is 5.91 Å². The lowest BCUT2D eigenvalue weighted by Gasteiger charge is -2.22. The van der Waals surface area contributed by atoms with Crippen molar-refractivity contribution in [1.82, 2.24) is 10.2 Å². The van der Waals surface area contributed by atoms with Gasteiger partial charge in [-0.1, -0.05) is 30.3 Å². The van der Waals surface area contributed by atoms with Crippen molar-refractivity contribution in [2.45, 2.75) is 12.6 Å². The summed E-state index contributed by atoms with van der Waals surface area (Å²) in [5.74, 6) is 1.73. The number of amides is 1. The smallest absolute Gasteiger partial charge is 0.251 e. The molecule has 1 atom stereocenters. The number of carbonyl (C=O) groups excluding carboxylic acids is 1. The molecule has 0 aliphatic carbocycles. The Morgan fingerprint density at radius 3 is 2.52 bits per heavy atom. The second kappa shape index (κ2) is 9.80. The Kier molecular flexibility index (Phi) is 6.92. The van der Waals surface area contributed by atoms with Crippen molar-refractivity contribution in [2.75, 3.05) is 27.7 Å². The number of methoxy groups -OCH3 is 1. The number of likely N-dealkylation sites (N-methyl/N-ethyl adjacent to an activating group) is 1. The fraction of sp³-hybridized carbons (Fsp3) is 0.261. The average molecular weight is 394 g/mol. The summed E-state index contributed by atoms with van der Waals surface area (Å²) >= 11 is 0. The van der Waals surface area contributed by atoms with Crippen LogP contribution in [0.2, 0.25) is 0 Å². The second-order valence-electron chi connectivity index (χ2n) is 6.84. The van der Waals surface area contributed by atoms with Gasteiger partial charge in [0, 0.05) is 12.1 Å². The molecule has 0 bridgehead atoms. The summed E-state index contributed by atoms with van der Waals surface area (Å²) in [6.07, 6.45) is 1.63. The summed E-state index contributed by atoms with van der Waals surface area (Å²) in [7, 11) is 5.45. The largest absolute Gasteiger partial charge is 0.493 e. The van der Waals surface area contributed by atoms with Gasteiger partial charge in [0.15, 0.2) is 11.5 Å². The number of nitrogens with one attached hydrogen (secondary N) is 1. The maximum atomic E-state index is 12.6. The lowest BCUT2D eigenvalue weighted by Crippen LogP contribution is -2.34. The molecule has 0 aliphatic rings. The number of hydrogen-bond donors (Lipinski definition) is 1. The highest BCUT2D eigenvalue weighted by Gasteiger charge is 2.19. The summed E-state index contributed by atoms with van der Waals surface area (Å²) in [6, 6.07) is 18.7. The molecule has 1 heterocycles. The molecule has 1 aromatic heterocycles. The van der Waals surface area contributed by atoms with Crippen LogP contribution < -0.4 is 14.8 Å². The summed E-state index contributed by atoms with van der Waals surface area (Å²) in [6.45, 7) is 0.852. The summed E-state index contributed by atoms with van der Waals surface area (Å²) in [5, 5.41) is 2.96. The Morgan fingerprint density at radius 2 is 1.86 bits per heavy atom. The van der Waals surface area contributed by atoms with Crippen molar-refractivity contribution >= 4 is 5.91 Å². The van der Waals surface area contributed by atoms with E-state index in [0.717, 1.165) is 11.3 Å². The quantitative estimate of drug-likeness (QED) is 0.596. The Morgan fingerprint density at radius 1 is 1.07 bits per heavy atom. The molecule has 3 rings (SSSR count). The van der Waals surface area contributed by atoms with E-state index in [1.54, 1.807) is 31.6 Å². The summed E-state index contributed by atoms with van der Waals surface area (Å²) in [4.78, 5) is 14.6. The molecule has 3 aromatic rings. The number of benzene rings is 2. The molecule has 0 spiro atoms. The highest BCUT2D eigenvalue weighted by atomic mass is 16.5. The number of ether oxygens (including phenoxy) is 2. The van der Waals surface area contributed by atoms with Crippen LogP contribution in [0.4, 0.5) is 0 Å². The highest BCUT2D eigenvalue weighted by Crippen LogP contribution is 2.29. The van der Waals surface area contributed by atoms with Gasteiger partial charge in [0.2, 0.25) is 0 Å². The third-order valence-corrected chi connectivity index (χ3v) is 4.61. The van der Waals surface area contributed by atoms with Gasteiger partial charge in [0.1, 0.15) is 12.4 Å². The molecule has 6 heteroatoms. The molecule has 0 fully saturated rings. The first-order valence-electron chi connectivity index (χ1n) is 9.41. The van der Waals surface area contributed by atoms with E-state index >= 15 is 0 Å². The molecule has 29 heavy (non-hydrogen) atoms. The van der Waals surface area contributed by atoms with E-state index in [1.807, 2.05) is 61.5 Å². The molecule has 1 unspecified atom stereocenters. The topological polar surface area (TPSA) is 63.9 Å². The van der Waals surface area contributed by atoms with Crippen LogP contribution in [0.3, 0.4) is 0 Å². The van der Waals surface area contributed by atoms with Crippen LogP contribution in [0, 0.1) is 0 Å². The van der Waals surface area contributed by atoms with Crippen LogP contribution in [0.15, 0.2) is 71.3 Å². The van der Waals surface area contributed by atoms with Gasteiger partial charge in [-0.15, -0.1) is 0 Å². The molecular weight excluding hydrogens is 368 g/mol. The van der Waals surface area contributed by atoms with E-state index in [4.69, 9.17) is 13.9 Å². The Labute approximate surface area is 171 Å². The molecule has 0 radical (unpaired) electrons. The zero-order valence-corrected chi connectivity index (χ0v) is 16.9. The van der Waals surface area contributed by atoms with E-state index in [2.05, 4.69) is 5.32 Å². The minimum absolute atomic E-state index is 0.0516. The number of furan rings is 1. The lowest BCUT2D eigenvalue weighted by molar-refractivity contribution is 0.0938. The van der Waals surface area contributed by atoms with E-state index in [1.165, 1.54) is 0 Å². The van der Waals surface area contributed by atoms with E-state index in [0.29, 0.717) is 30.2 Å². The molecule has 0 saturated heterocycles. The van der Waals surface area contributed by atoms with E-state index in [-0.39, 0.29) is 11.9 Å². The SMILES string of the molecule is COc1cc(C(=O)NCC(c2ccco2)N(C)C)ccc1OCc1ccccc1. The lowest BCUT2D eigenvalue weighted by atomic mass is 10.1. The predicted octanol–water partition coefficient (Wildman–Crippen LogP) is 3.90. The molecule has 2 aromatic carbocycles. The van der Waals surface area contributed by atoms with Gasteiger partial charge in [-0.3, -0.25) is 9.69 Å². The fourth-order valence-corrected chi connectivity index (χ4v) is 2.97. The van der Waals surface area contributed by atoms with Crippen LogP contribution in [0.25, 0.3) is 0 Å². The van der Waals surface area contributed by atoms with Crippen molar-refractivity contribution in [2.24, 2.45) is 0 Å². The second-order valence-corrected chi connectivity index (χ2v) is 6.84. The van der Waals surface area contributed by atoms with Crippen LogP contribution >= 0.6 is 0 Å². The maximum Gasteiger partial charge on any atom is 0.251 e. The van der Waals surface area contributed by atoms with Crippen molar-refractivity contribution in [3.63, 3.8) is 0 Å². The number of hydrogen-bond acceptors (Lipinski definition) is 5. The van der Waals surface area contributed by atoms with Gasteiger partial charge in [-0.2, -0.15) is 0 Å². The third kappa shape index (κ3) is 5.39. The number of nitrogens with zero attached hydrogens (tertiary/aromatic N) is 1. The minimum atomic E-state index is -0.184. The summed E-state index contributed by atoms with van der Waals surface area (Å²) < 4.78 is 16.8. The van der Waals surface area contributed by atoms with E-state index in [9.17, 15) is 4.79 Å².